The van der Waals surface area contributed by atoms with Crippen LogP contribution in [0.5, 0.6) is 0 Å². The van der Waals surface area contributed by atoms with Gasteiger partial charge in [0, 0.05) is 18.6 Å². The summed E-state index contributed by atoms with van der Waals surface area (Å²) in [5.41, 5.74) is 8.15. The minimum absolute atomic E-state index is 0.410. The van der Waals surface area contributed by atoms with Gasteiger partial charge in [-0.2, -0.15) is 0 Å². The third-order valence-corrected chi connectivity index (χ3v) is 3.80. The quantitative estimate of drug-likeness (QED) is 0.785. The van der Waals surface area contributed by atoms with Crippen molar-refractivity contribution >= 4 is 10.8 Å². The lowest BCUT2D eigenvalue weighted by molar-refractivity contribution is 0.512. The molecular weight excluding hydrogens is 234 g/mol. The molecule has 1 fully saturated rings. The van der Waals surface area contributed by atoms with Crippen molar-refractivity contribution in [1.82, 2.24) is 16.2 Å². The van der Waals surface area contributed by atoms with Crippen molar-refractivity contribution in [2.24, 2.45) is 0 Å². The van der Waals surface area contributed by atoms with Crippen molar-refractivity contribution in [3.8, 4) is 0 Å². The van der Waals surface area contributed by atoms with Crippen LogP contribution in [0, 0.1) is 0 Å². The number of likely N-dealkylation sites (N-methyl/N-ethyl adjacent to an activating group) is 1. The van der Waals surface area contributed by atoms with E-state index in [2.05, 4.69) is 65.6 Å². The molecule has 0 radical (unpaired) electrons. The molecule has 2 unspecified atom stereocenters. The van der Waals surface area contributed by atoms with Crippen LogP contribution in [-0.2, 0) is 0 Å². The van der Waals surface area contributed by atoms with Gasteiger partial charge in [0.15, 0.2) is 0 Å². The van der Waals surface area contributed by atoms with E-state index < -0.39 is 0 Å². The lowest BCUT2D eigenvalue weighted by Gasteiger charge is -2.11. The van der Waals surface area contributed by atoms with E-state index in [1.165, 1.54) is 16.3 Å². The standard InChI is InChI=1S/C16H21N3/c1-2-17-11-15-10-16(19-18-15)14-8-7-12-5-3-4-6-13(12)9-14/h3-9,15-19H,2,10-11H2,1H3. The highest BCUT2D eigenvalue weighted by Crippen LogP contribution is 2.25. The first-order valence-electron chi connectivity index (χ1n) is 7.07. The second kappa shape index (κ2) is 5.70. The van der Waals surface area contributed by atoms with E-state index in [-0.39, 0.29) is 0 Å². The highest BCUT2D eigenvalue weighted by Gasteiger charge is 2.24. The Labute approximate surface area is 114 Å². The van der Waals surface area contributed by atoms with Crippen molar-refractivity contribution in [3.63, 3.8) is 0 Å². The van der Waals surface area contributed by atoms with Crippen molar-refractivity contribution in [2.75, 3.05) is 13.1 Å². The number of hydrogen-bond acceptors (Lipinski definition) is 3. The van der Waals surface area contributed by atoms with Crippen LogP contribution in [0.3, 0.4) is 0 Å². The molecule has 1 aliphatic rings. The molecule has 3 nitrogen and oxygen atoms in total. The molecule has 19 heavy (non-hydrogen) atoms. The van der Waals surface area contributed by atoms with Gasteiger partial charge in [-0.25, -0.2) is 5.43 Å². The normalized spacial score (nSPS) is 23.0. The van der Waals surface area contributed by atoms with Crippen LogP contribution in [0.15, 0.2) is 42.5 Å². The molecule has 2 aromatic rings. The number of hydrogen-bond donors (Lipinski definition) is 3. The number of rotatable bonds is 4. The highest BCUT2D eigenvalue weighted by atomic mass is 15.4. The summed E-state index contributed by atoms with van der Waals surface area (Å²) < 4.78 is 0. The van der Waals surface area contributed by atoms with E-state index in [1.807, 2.05) is 0 Å². The SMILES string of the molecule is CCNCC1CC(c2ccc3ccccc3c2)NN1. The van der Waals surface area contributed by atoms with Gasteiger partial charge in [0.1, 0.15) is 0 Å². The topological polar surface area (TPSA) is 36.1 Å². The Bertz CT molecular complexity index is 552. The van der Waals surface area contributed by atoms with Gasteiger partial charge in [-0.15, -0.1) is 0 Å². The smallest absolute Gasteiger partial charge is 0.0478 e. The number of hydrazine groups is 1. The summed E-state index contributed by atoms with van der Waals surface area (Å²) in [6.45, 7) is 4.19. The van der Waals surface area contributed by atoms with Gasteiger partial charge in [-0.1, -0.05) is 43.3 Å². The molecule has 0 bridgehead atoms. The molecule has 0 amide bonds. The van der Waals surface area contributed by atoms with Gasteiger partial charge in [0.25, 0.3) is 0 Å². The second-order valence-electron chi connectivity index (χ2n) is 5.19. The van der Waals surface area contributed by atoms with Gasteiger partial charge in [-0.3, -0.25) is 5.43 Å². The number of fused-ring (bicyclic) bond motifs is 1. The summed E-state index contributed by atoms with van der Waals surface area (Å²) in [6, 6.07) is 16.2. The lowest BCUT2D eigenvalue weighted by atomic mass is 9.99. The largest absolute Gasteiger partial charge is 0.315 e. The van der Waals surface area contributed by atoms with E-state index in [4.69, 9.17) is 0 Å². The predicted molar refractivity (Wildman–Crippen MR) is 79.9 cm³/mol. The van der Waals surface area contributed by atoms with Gasteiger partial charge >= 0.3 is 0 Å². The fourth-order valence-corrected chi connectivity index (χ4v) is 2.72. The van der Waals surface area contributed by atoms with Crippen LogP contribution < -0.4 is 16.2 Å². The Morgan fingerprint density at radius 3 is 2.79 bits per heavy atom. The molecule has 1 saturated heterocycles. The van der Waals surface area contributed by atoms with Crippen molar-refractivity contribution in [1.29, 1.82) is 0 Å². The van der Waals surface area contributed by atoms with Crippen LogP contribution >= 0.6 is 0 Å². The Kier molecular flexibility index (Phi) is 3.78. The zero-order valence-corrected chi connectivity index (χ0v) is 11.3. The Morgan fingerprint density at radius 1 is 1.11 bits per heavy atom. The molecule has 100 valence electrons. The zero-order valence-electron chi connectivity index (χ0n) is 11.3. The molecular formula is C16H21N3. The predicted octanol–water partition coefficient (Wildman–Crippen LogP) is 2.36. The molecule has 0 aromatic heterocycles. The first-order chi connectivity index (χ1) is 9.36. The first-order valence-corrected chi connectivity index (χ1v) is 7.07. The fourth-order valence-electron chi connectivity index (χ4n) is 2.72. The molecule has 0 aliphatic carbocycles. The molecule has 2 aromatic carbocycles. The van der Waals surface area contributed by atoms with Crippen molar-refractivity contribution < 1.29 is 0 Å². The highest BCUT2D eigenvalue weighted by molar-refractivity contribution is 5.83. The average molecular weight is 255 g/mol. The molecule has 3 N–H and O–H groups in total. The van der Waals surface area contributed by atoms with E-state index in [9.17, 15) is 0 Å². The summed E-state index contributed by atoms with van der Waals surface area (Å²) in [7, 11) is 0. The molecule has 2 atom stereocenters. The molecule has 0 saturated carbocycles. The van der Waals surface area contributed by atoms with Crippen LogP contribution in [-0.4, -0.2) is 19.1 Å². The lowest BCUT2D eigenvalue weighted by Crippen LogP contribution is -2.37. The summed E-state index contributed by atoms with van der Waals surface area (Å²) in [5, 5.41) is 6.01. The molecule has 1 heterocycles. The number of nitrogens with one attached hydrogen (secondary N) is 3. The van der Waals surface area contributed by atoms with Gasteiger partial charge in [0.2, 0.25) is 0 Å². The molecule has 3 heteroatoms. The Balaban J connectivity index is 1.74. The third kappa shape index (κ3) is 2.78. The third-order valence-electron chi connectivity index (χ3n) is 3.80. The summed E-state index contributed by atoms with van der Waals surface area (Å²) in [4.78, 5) is 0. The zero-order chi connectivity index (χ0) is 13.1. The fraction of sp³-hybridized carbons (Fsp3) is 0.375. The average Bonchev–Trinajstić information content (AvgIpc) is 2.93. The monoisotopic (exact) mass is 255 g/mol. The Morgan fingerprint density at radius 2 is 1.95 bits per heavy atom. The maximum absolute atomic E-state index is 3.41. The summed E-state index contributed by atoms with van der Waals surface area (Å²) in [5.74, 6) is 0. The summed E-state index contributed by atoms with van der Waals surface area (Å²) in [6.07, 6.45) is 1.13. The maximum atomic E-state index is 3.41. The molecule has 1 aliphatic heterocycles. The van der Waals surface area contributed by atoms with Gasteiger partial charge < -0.3 is 5.32 Å². The van der Waals surface area contributed by atoms with Crippen LogP contribution in [0.1, 0.15) is 24.9 Å². The van der Waals surface area contributed by atoms with E-state index in [0.29, 0.717) is 12.1 Å². The van der Waals surface area contributed by atoms with E-state index in [0.717, 1.165) is 19.5 Å². The maximum Gasteiger partial charge on any atom is 0.0478 e. The number of benzene rings is 2. The second-order valence-corrected chi connectivity index (χ2v) is 5.19. The van der Waals surface area contributed by atoms with Crippen LogP contribution in [0.4, 0.5) is 0 Å². The minimum atomic E-state index is 0.410. The van der Waals surface area contributed by atoms with Crippen molar-refractivity contribution in [2.45, 2.75) is 25.4 Å². The van der Waals surface area contributed by atoms with E-state index >= 15 is 0 Å². The minimum Gasteiger partial charge on any atom is -0.315 e. The van der Waals surface area contributed by atoms with Crippen molar-refractivity contribution in [3.05, 3.63) is 48.0 Å². The van der Waals surface area contributed by atoms with E-state index in [1.54, 1.807) is 0 Å². The van der Waals surface area contributed by atoms with Crippen LogP contribution in [0.25, 0.3) is 10.8 Å². The van der Waals surface area contributed by atoms with Gasteiger partial charge in [-0.05, 0) is 35.4 Å². The van der Waals surface area contributed by atoms with Gasteiger partial charge in [0.05, 0.1) is 0 Å². The molecule has 3 rings (SSSR count). The first kappa shape index (κ1) is 12.6. The Hall–Kier alpha value is -1.42. The molecule has 0 spiro atoms. The van der Waals surface area contributed by atoms with Crippen LogP contribution in [0.2, 0.25) is 0 Å². The summed E-state index contributed by atoms with van der Waals surface area (Å²) >= 11 is 0.